The molecule has 100 valence electrons. The molecule has 1 N–H and O–H groups in total. The van der Waals surface area contributed by atoms with Gasteiger partial charge in [0.05, 0.1) is 4.47 Å². The number of ether oxygens (including phenoxy) is 2. The van der Waals surface area contributed by atoms with Crippen molar-refractivity contribution in [1.29, 1.82) is 0 Å². The molecule has 1 aliphatic rings. The zero-order chi connectivity index (χ0) is 12.8. The number of hydrogen-bond acceptors (Lipinski definition) is 3. The minimum Gasteiger partial charge on any atom is -0.492 e. The minimum absolute atomic E-state index is 0.301. The quantitative estimate of drug-likeness (QED) is 0.847. The summed E-state index contributed by atoms with van der Waals surface area (Å²) in [5.41, 5.74) is 0. The Labute approximate surface area is 115 Å². The molecule has 0 aliphatic carbocycles. The summed E-state index contributed by atoms with van der Waals surface area (Å²) in [6.45, 7) is 2.97. The summed E-state index contributed by atoms with van der Waals surface area (Å²) in [7, 11) is 0. The lowest BCUT2D eigenvalue weighted by Crippen LogP contribution is -2.37. The van der Waals surface area contributed by atoms with Crippen LogP contribution in [0.15, 0.2) is 22.7 Å². The predicted octanol–water partition coefficient (Wildman–Crippen LogP) is 2.74. The van der Waals surface area contributed by atoms with E-state index < -0.39 is 0 Å². The molecule has 0 spiro atoms. The summed E-state index contributed by atoms with van der Waals surface area (Å²) in [5.74, 6) is 0.259. The lowest BCUT2D eigenvalue weighted by atomic mass is 10.1. The number of hydrogen-bond donors (Lipinski definition) is 1. The third kappa shape index (κ3) is 4.23. The molecule has 1 aromatic carbocycles. The van der Waals surface area contributed by atoms with Crippen LogP contribution in [0.5, 0.6) is 5.75 Å². The van der Waals surface area contributed by atoms with Gasteiger partial charge < -0.3 is 14.8 Å². The third-order valence-electron chi connectivity index (χ3n) is 2.92. The molecule has 0 amide bonds. The van der Waals surface area contributed by atoms with Crippen LogP contribution in [0.3, 0.4) is 0 Å². The highest BCUT2D eigenvalue weighted by atomic mass is 79.9. The van der Waals surface area contributed by atoms with Gasteiger partial charge in [0.15, 0.2) is 0 Å². The van der Waals surface area contributed by atoms with E-state index in [9.17, 15) is 4.39 Å². The molecule has 2 rings (SSSR count). The molecular weight excluding hydrogens is 301 g/mol. The van der Waals surface area contributed by atoms with Crippen LogP contribution in [0.1, 0.15) is 12.8 Å². The average Bonchev–Trinajstić information content (AvgIpc) is 2.40. The van der Waals surface area contributed by atoms with Gasteiger partial charge in [-0.3, -0.25) is 0 Å². The topological polar surface area (TPSA) is 30.5 Å². The average molecular weight is 318 g/mol. The lowest BCUT2D eigenvalue weighted by Gasteiger charge is -2.23. The zero-order valence-electron chi connectivity index (χ0n) is 10.1. The van der Waals surface area contributed by atoms with E-state index in [2.05, 4.69) is 21.2 Å². The second kappa shape index (κ2) is 7.07. The monoisotopic (exact) mass is 317 g/mol. The van der Waals surface area contributed by atoms with Gasteiger partial charge in [-0.2, -0.15) is 0 Å². The van der Waals surface area contributed by atoms with E-state index in [4.69, 9.17) is 9.47 Å². The van der Waals surface area contributed by atoms with Gasteiger partial charge in [0.2, 0.25) is 0 Å². The predicted molar refractivity (Wildman–Crippen MR) is 71.4 cm³/mol. The first-order valence-corrected chi connectivity index (χ1v) is 6.94. The van der Waals surface area contributed by atoms with E-state index in [-0.39, 0.29) is 5.82 Å². The molecule has 0 bridgehead atoms. The molecule has 0 aromatic heterocycles. The highest BCUT2D eigenvalue weighted by Gasteiger charge is 2.12. The van der Waals surface area contributed by atoms with Crippen molar-refractivity contribution in [2.24, 2.45) is 0 Å². The Bertz CT molecular complexity index is 383. The van der Waals surface area contributed by atoms with Gasteiger partial charge >= 0.3 is 0 Å². The molecule has 0 atom stereocenters. The minimum atomic E-state index is -0.301. The van der Waals surface area contributed by atoms with Gasteiger partial charge in [0.1, 0.15) is 18.2 Å². The van der Waals surface area contributed by atoms with Crippen LogP contribution >= 0.6 is 15.9 Å². The van der Waals surface area contributed by atoms with Crippen LogP contribution < -0.4 is 10.1 Å². The summed E-state index contributed by atoms with van der Waals surface area (Å²) in [6, 6.07) is 5.31. The van der Waals surface area contributed by atoms with Crippen molar-refractivity contribution < 1.29 is 13.9 Å². The summed E-state index contributed by atoms with van der Waals surface area (Å²) in [4.78, 5) is 0. The Morgan fingerprint density at radius 1 is 1.39 bits per heavy atom. The van der Waals surface area contributed by atoms with E-state index in [1.54, 1.807) is 12.1 Å². The van der Waals surface area contributed by atoms with Gasteiger partial charge in [-0.05, 0) is 40.9 Å². The largest absolute Gasteiger partial charge is 0.492 e. The summed E-state index contributed by atoms with van der Waals surface area (Å²) in [5, 5.41) is 3.41. The summed E-state index contributed by atoms with van der Waals surface area (Å²) < 4.78 is 24.4. The standard InChI is InChI=1S/C13H17BrFNO2/c14-12-2-1-11(9-13(12)15)18-8-5-16-10-3-6-17-7-4-10/h1-2,9-10,16H,3-8H2. The molecule has 3 nitrogen and oxygen atoms in total. The number of benzene rings is 1. The molecule has 1 aromatic rings. The molecule has 0 saturated carbocycles. The summed E-state index contributed by atoms with van der Waals surface area (Å²) in [6.07, 6.45) is 2.10. The molecule has 1 heterocycles. The van der Waals surface area contributed by atoms with E-state index >= 15 is 0 Å². The van der Waals surface area contributed by atoms with Crippen LogP contribution in [0.4, 0.5) is 4.39 Å². The van der Waals surface area contributed by atoms with Crippen LogP contribution in [-0.4, -0.2) is 32.4 Å². The van der Waals surface area contributed by atoms with Crippen molar-refractivity contribution in [3.63, 3.8) is 0 Å². The Morgan fingerprint density at radius 3 is 2.89 bits per heavy atom. The van der Waals surface area contributed by atoms with Crippen LogP contribution in [0.2, 0.25) is 0 Å². The van der Waals surface area contributed by atoms with Crippen molar-refractivity contribution in [1.82, 2.24) is 5.32 Å². The van der Waals surface area contributed by atoms with Crippen molar-refractivity contribution >= 4 is 15.9 Å². The van der Waals surface area contributed by atoms with Crippen molar-refractivity contribution in [2.45, 2.75) is 18.9 Å². The smallest absolute Gasteiger partial charge is 0.141 e. The molecule has 0 unspecified atom stereocenters. The van der Waals surface area contributed by atoms with Crippen LogP contribution in [0, 0.1) is 5.82 Å². The number of nitrogens with one attached hydrogen (secondary N) is 1. The maximum absolute atomic E-state index is 13.2. The molecule has 5 heteroatoms. The Balaban J connectivity index is 1.66. The first-order chi connectivity index (χ1) is 8.75. The molecular formula is C13H17BrFNO2. The maximum atomic E-state index is 13.2. The SMILES string of the molecule is Fc1cc(OCCNC2CCOCC2)ccc1Br. The van der Waals surface area contributed by atoms with Gasteiger partial charge in [-0.25, -0.2) is 4.39 Å². The lowest BCUT2D eigenvalue weighted by molar-refractivity contribution is 0.0770. The second-order valence-corrected chi connectivity index (χ2v) is 5.12. The fourth-order valence-corrected chi connectivity index (χ4v) is 2.15. The van der Waals surface area contributed by atoms with E-state index in [0.29, 0.717) is 22.9 Å². The Morgan fingerprint density at radius 2 is 2.17 bits per heavy atom. The zero-order valence-corrected chi connectivity index (χ0v) is 11.7. The molecule has 1 aliphatic heterocycles. The number of rotatable bonds is 5. The number of halogens is 2. The van der Waals surface area contributed by atoms with Crippen molar-refractivity contribution in [3.05, 3.63) is 28.5 Å². The van der Waals surface area contributed by atoms with Gasteiger partial charge in [0, 0.05) is 31.9 Å². The van der Waals surface area contributed by atoms with Gasteiger partial charge in [-0.1, -0.05) is 0 Å². The third-order valence-corrected chi connectivity index (χ3v) is 3.56. The molecule has 0 radical (unpaired) electrons. The van der Waals surface area contributed by atoms with Gasteiger partial charge in [-0.15, -0.1) is 0 Å². The first kappa shape index (κ1) is 13.8. The second-order valence-electron chi connectivity index (χ2n) is 4.27. The van der Waals surface area contributed by atoms with Crippen molar-refractivity contribution in [3.8, 4) is 5.75 Å². The highest BCUT2D eigenvalue weighted by molar-refractivity contribution is 9.10. The molecule has 1 fully saturated rings. The highest BCUT2D eigenvalue weighted by Crippen LogP contribution is 2.20. The van der Waals surface area contributed by atoms with E-state index in [1.165, 1.54) is 6.07 Å². The van der Waals surface area contributed by atoms with Crippen LogP contribution in [0.25, 0.3) is 0 Å². The van der Waals surface area contributed by atoms with E-state index in [0.717, 1.165) is 32.6 Å². The fourth-order valence-electron chi connectivity index (χ4n) is 1.90. The van der Waals surface area contributed by atoms with Crippen molar-refractivity contribution in [2.75, 3.05) is 26.4 Å². The Kier molecular flexibility index (Phi) is 5.41. The first-order valence-electron chi connectivity index (χ1n) is 6.14. The van der Waals surface area contributed by atoms with Gasteiger partial charge in [0.25, 0.3) is 0 Å². The molecule has 1 saturated heterocycles. The fraction of sp³-hybridized carbons (Fsp3) is 0.538. The van der Waals surface area contributed by atoms with Crippen LogP contribution in [-0.2, 0) is 4.74 Å². The van der Waals surface area contributed by atoms with E-state index in [1.807, 2.05) is 0 Å². The normalized spacial score (nSPS) is 16.8. The Hall–Kier alpha value is -0.650. The molecule has 18 heavy (non-hydrogen) atoms. The summed E-state index contributed by atoms with van der Waals surface area (Å²) >= 11 is 3.11. The maximum Gasteiger partial charge on any atom is 0.141 e.